The van der Waals surface area contributed by atoms with Crippen LogP contribution in [-0.2, 0) is 0 Å². The molecule has 0 aliphatic rings. The number of rotatable bonds is 4. The average Bonchev–Trinajstić information content (AvgIpc) is 2.17. The topological polar surface area (TPSA) is 38.9 Å². The molecule has 14 heavy (non-hydrogen) atoms. The highest BCUT2D eigenvalue weighted by Gasteiger charge is 2.13. The Balaban J connectivity index is 2.73. The van der Waals surface area contributed by atoms with Gasteiger partial charge >= 0.3 is 0 Å². The Kier molecular flexibility index (Phi) is 4.08. The summed E-state index contributed by atoms with van der Waals surface area (Å²) in [5, 5.41) is 0. The van der Waals surface area contributed by atoms with Crippen LogP contribution in [0.1, 0.15) is 44.0 Å². The first kappa shape index (κ1) is 11.2. The van der Waals surface area contributed by atoms with Gasteiger partial charge in [0.1, 0.15) is 0 Å². The molecule has 2 nitrogen and oxygen atoms in total. The minimum Gasteiger partial charge on any atom is -0.324 e. The lowest BCUT2D eigenvalue weighted by Gasteiger charge is -2.19. The number of aryl methyl sites for hydroxylation is 1. The van der Waals surface area contributed by atoms with Gasteiger partial charge in [0.2, 0.25) is 0 Å². The first-order valence-electron chi connectivity index (χ1n) is 5.33. The van der Waals surface area contributed by atoms with Crippen molar-refractivity contribution in [2.75, 3.05) is 0 Å². The lowest BCUT2D eigenvalue weighted by atomic mass is 9.92. The van der Waals surface area contributed by atoms with E-state index in [4.69, 9.17) is 5.73 Å². The van der Waals surface area contributed by atoms with Crippen molar-refractivity contribution < 1.29 is 0 Å². The molecule has 0 saturated carbocycles. The summed E-state index contributed by atoms with van der Waals surface area (Å²) < 4.78 is 0. The van der Waals surface area contributed by atoms with Crippen LogP contribution in [-0.4, -0.2) is 4.98 Å². The number of hydrogen-bond acceptors (Lipinski definition) is 2. The first-order valence-corrected chi connectivity index (χ1v) is 5.33. The van der Waals surface area contributed by atoms with Crippen molar-refractivity contribution in [3.63, 3.8) is 0 Å². The van der Waals surface area contributed by atoms with Gasteiger partial charge < -0.3 is 5.73 Å². The summed E-state index contributed by atoms with van der Waals surface area (Å²) in [6.07, 6.45) is 4.21. The first-order chi connectivity index (χ1) is 6.65. The summed E-state index contributed by atoms with van der Waals surface area (Å²) in [5.41, 5.74) is 8.42. The van der Waals surface area contributed by atoms with Gasteiger partial charge in [0.05, 0.1) is 0 Å². The van der Waals surface area contributed by atoms with Gasteiger partial charge in [-0.2, -0.15) is 0 Å². The van der Waals surface area contributed by atoms with E-state index in [-0.39, 0.29) is 6.04 Å². The Morgan fingerprint density at radius 2 is 2.21 bits per heavy atom. The second kappa shape index (κ2) is 5.11. The number of hydrogen-bond donors (Lipinski definition) is 1. The monoisotopic (exact) mass is 192 g/mol. The van der Waals surface area contributed by atoms with E-state index in [1.165, 1.54) is 18.4 Å². The molecule has 2 heteroatoms. The Labute approximate surface area is 86.5 Å². The minimum atomic E-state index is 0.150. The van der Waals surface area contributed by atoms with E-state index in [9.17, 15) is 0 Å². The van der Waals surface area contributed by atoms with Crippen LogP contribution in [0.2, 0.25) is 0 Å². The van der Waals surface area contributed by atoms with Gasteiger partial charge in [-0.05, 0) is 37.0 Å². The molecule has 0 saturated heterocycles. The molecule has 0 aliphatic heterocycles. The van der Waals surface area contributed by atoms with Crippen molar-refractivity contribution in [1.29, 1.82) is 0 Å². The molecule has 0 fully saturated rings. The molecule has 2 atom stereocenters. The van der Waals surface area contributed by atoms with E-state index < -0.39 is 0 Å². The third-order valence-electron chi connectivity index (χ3n) is 2.66. The summed E-state index contributed by atoms with van der Waals surface area (Å²) in [7, 11) is 0. The smallest absolute Gasteiger partial charge is 0.0375 e. The molecule has 2 unspecified atom stereocenters. The van der Waals surface area contributed by atoms with Crippen molar-refractivity contribution in [2.24, 2.45) is 11.7 Å². The Morgan fingerprint density at radius 1 is 1.50 bits per heavy atom. The Bertz CT molecular complexity index is 283. The van der Waals surface area contributed by atoms with E-state index in [1.807, 2.05) is 19.2 Å². The molecule has 0 bridgehead atoms. The number of pyridine rings is 1. The molecule has 2 N–H and O–H groups in total. The van der Waals surface area contributed by atoms with E-state index in [0.717, 1.165) is 5.69 Å². The molecule has 1 rings (SSSR count). The van der Waals surface area contributed by atoms with E-state index in [1.54, 1.807) is 0 Å². The molecule has 1 aromatic rings. The summed E-state index contributed by atoms with van der Waals surface area (Å²) in [6.45, 7) is 6.41. The highest BCUT2D eigenvalue weighted by Crippen LogP contribution is 2.22. The second-order valence-electron chi connectivity index (χ2n) is 4.02. The molecule has 0 amide bonds. The van der Waals surface area contributed by atoms with Crippen LogP contribution in [0, 0.1) is 12.8 Å². The summed E-state index contributed by atoms with van der Waals surface area (Å²) in [5.74, 6) is 0.543. The Hall–Kier alpha value is -0.890. The second-order valence-corrected chi connectivity index (χ2v) is 4.02. The number of nitrogens with two attached hydrogens (primary N) is 1. The normalized spacial score (nSPS) is 15.1. The SMILES string of the molecule is CCCC(C)C(N)c1ccnc(C)c1. The maximum atomic E-state index is 6.17. The van der Waals surface area contributed by atoms with Gasteiger partial charge in [0.15, 0.2) is 0 Å². The molecular weight excluding hydrogens is 172 g/mol. The summed E-state index contributed by atoms with van der Waals surface area (Å²) >= 11 is 0. The largest absolute Gasteiger partial charge is 0.324 e. The van der Waals surface area contributed by atoms with Crippen LogP contribution in [0.3, 0.4) is 0 Å². The van der Waals surface area contributed by atoms with E-state index in [2.05, 4.69) is 24.9 Å². The van der Waals surface area contributed by atoms with Crippen LogP contribution in [0.5, 0.6) is 0 Å². The van der Waals surface area contributed by atoms with Crippen LogP contribution in [0.4, 0.5) is 0 Å². The summed E-state index contributed by atoms with van der Waals surface area (Å²) in [6, 6.07) is 4.25. The predicted molar refractivity (Wildman–Crippen MR) is 60.0 cm³/mol. The van der Waals surface area contributed by atoms with Gasteiger partial charge in [-0.1, -0.05) is 20.3 Å². The van der Waals surface area contributed by atoms with Crippen LogP contribution < -0.4 is 5.73 Å². The maximum absolute atomic E-state index is 6.17. The Morgan fingerprint density at radius 3 is 2.79 bits per heavy atom. The van der Waals surface area contributed by atoms with Crippen molar-refractivity contribution in [3.05, 3.63) is 29.6 Å². The molecule has 0 spiro atoms. The standard InChI is InChI=1S/C12H20N2/c1-4-5-9(2)12(13)11-6-7-14-10(3)8-11/h6-9,12H,4-5,13H2,1-3H3. The van der Waals surface area contributed by atoms with Gasteiger partial charge in [-0.15, -0.1) is 0 Å². The molecule has 78 valence electrons. The van der Waals surface area contributed by atoms with Crippen LogP contribution in [0.15, 0.2) is 18.3 Å². The van der Waals surface area contributed by atoms with Crippen molar-refractivity contribution >= 4 is 0 Å². The third-order valence-corrected chi connectivity index (χ3v) is 2.66. The maximum Gasteiger partial charge on any atom is 0.0375 e. The lowest BCUT2D eigenvalue weighted by molar-refractivity contribution is 0.433. The van der Waals surface area contributed by atoms with Crippen molar-refractivity contribution in [2.45, 2.75) is 39.7 Å². The van der Waals surface area contributed by atoms with Crippen molar-refractivity contribution in [3.8, 4) is 0 Å². The molecule has 0 radical (unpaired) electrons. The van der Waals surface area contributed by atoms with Gasteiger partial charge in [0, 0.05) is 17.9 Å². The zero-order chi connectivity index (χ0) is 10.6. The van der Waals surface area contributed by atoms with Gasteiger partial charge in [-0.25, -0.2) is 0 Å². The van der Waals surface area contributed by atoms with E-state index >= 15 is 0 Å². The fraction of sp³-hybridized carbons (Fsp3) is 0.583. The van der Waals surface area contributed by atoms with Crippen LogP contribution in [0.25, 0.3) is 0 Å². The zero-order valence-electron chi connectivity index (χ0n) is 9.33. The molecule has 1 heterocycles. The average molecular weight is 192 g/mol. The van der Waals surface area contributed by atoms with E-state index in [0.29, 0.717) is 5.92 Å². The highest BCUT2D eigenvalue weighted by atomic mass is 14.7. The zero-order valence-corrected chi connectivity index (χ0v) is 9.33. The highest BCUT2D eigenvalue weighted by molar-refractivity contribution is 5.19. The number of aromatic nitrogens is 1. The lowest BCUT2D eigenvalue weighted by Crippen LogP contribution is -2.19. The molecule has 1 aromatic heterocycles. The predicted octanol–water partition coefficient (Wildman–Crippen LogP) is 2.83. The minimum absolute atomic E-state index is 0.150. The van der Waals surface area contributed by atoms with Crippen molar-refractivity contribution in [1.82, 2.24) is 4.98 Å². The van der Waals surface area contributed by atoms with Gasteiger partial charge in [-0.3, -0.25) is 4.98 Å². The fourth-order valence-corrected chi connectivity index (χ4v) is 1.74. The van der Waals surface area contributed by atoms with Gasteiger partial charge in [0.25, 0.3) is 0 Å². The summed E-state index contributed by atoms with van der Waals surface area (Å²) in [4.78, 5) is 4.17. The number of nitrogens with zero attached hydrogens (tertiary/aromatic N) is 1. The fourth-order valence-electron chi connectivity index (χ4n) is 1.74. The third kappa shape index (κ3) is 2.81. The van der Waals surface area contributed by atoms with Crippen LogP contribution >= 0.6 is 0 Å². The molecule has 0 aromatic carbocycles. The quantitative estimate of drug-likeness (QED) is 0.796. The molecular formula is C12H20N2. The molecule has 0 aliphatic carbocycles.